The molecule has 0 heterocycles. The Morgan fingerprint density at radius 2 is 1.89 bits per heavy atom. The third-order valence-electron chi connectivity index (χ3n) is 2.92. The number of primary amides is 1. The van der Waals surface area contributed by atoms with E-state index in [4.69, 9.17) is 11.5 Å². The molecule has 1 aromatic rings. The minimum Gasteiger partial charge on any atom is -0.368 e. The number of likely N-dealkylation sites (N-methyl/N-ethyl adjacent to an activating group) is 1. The molecule has 100 valence electrons. The van der Waals surface area contributed by atoms with Crippen molar-refractivity contribution in [2.45, 2.75) is 19.4 Å². The molecule has 0 saturated heterocycles. The van der Waals surface area contributed by atoms with Crippen molar-refractivity contribution in [2.24, 2.45) is 17.4 Å². The minimum atomic E-state index is -1.13. The molecule has 1 aromatic carbocycles. The van der Waals surface area contributed by atoms with E-state index in [9.17, 15) is 4.79 Å². The van der Waals surface area contributed by atoms with Crippen LogP contribution in [0.2, 0.25) is 0 Å². The van der Waals surface area contributed by atoms with E-state index in [0.717, 1.165) is 12.1 Å². The lowest BCUT2D eigenvalue weighted by molar-refractivity contribution is -0.124. The molecule has 0 spiro atoms. The van der Waals surface area contributed by atoms with Gasteiger partial charge in [-0.25, -0.2) is 0 Å². The molecular weight excluding hydrogens is 226 g/mol. The fraction of sp³-hybridized carbons (Fsp3) is 0.500. The zero-order chi connectivity index (χ0) is 13.8. The topological polar surface area (TPSA) is 72.3 Å². The van der Waals surface area contributed by atoms with Crippen LogP contribution in [0.3, 0.4) is 0 Å². The van der Waals surface area contributed by atoms with Gasteiger partial charge in [-0.05, 0) is 18.5 Å². The van der Waals surface area contributed by atoms with Crippen LogP contribution in [0.15, 0.2) is 30.3 Å². The van der Waals surface area contributed by atoms with Gasteiger partial charge in [-0.1, -0.05) is 44.2 Å². The molecule has 0 aromatic heterocycles. The molecule has 4 heteroatoms. The standard InChI is InChI=1S/C14H23N3O/c1-11(2)9-17(3)10-14(16,13(15)18)12-7-5-4-6-8-12/h4-8,11H,9-10,16H2,1-3H3,(H2,15,18). The highest BCUT2D eigenvalue weighted by Gasteiger charge is 2.35. The SMILES string of the molecule is CC(C)CN(C)CC(N)(C(N)=O)c1ccccc1. The second-order valence-electron chi connectivity index (χ2n) is 5.29. The molecule has 0 fully saturated rings. The summed E-state index contributed by atoms with van der Waals surface area (Å²) in [5.74, 6) is 0.0206. The van der Waals surface area contributed by atoms with Crippen molar-refractivity contribution in [1.82, 2.24) is 4.90 Å². The van der Waals surface area contributed by atoms with E-state index in [-0.39, 0.29) is 0 Å². The van der Waals surface area contributed by atoms with Gasteiger partial charge in [-0.15, -0.1) is 0 Å². The van der Waals surface area contributed by atoms with Crippen molar-refractivity contribution < 1.29 is 4.79 Å². The van der Waals surface area contributed by atoms with Crippen molar-refractivity contribution in [3.05, 3.63) is 35.9 Å². The first-order chi connectivity index (χ1) is 8.36. The van der Waals surface area contributed by atoms with Gasteiger partial charge in [0.1, 0.15) is 5.54 Å². The Morgan fingerprint density at radius 3 is 2.33 bits per heavy atom. The molecule has 4 nitrogen and oxygen atoms in total. The van der Waals surface area contributed by atoms with Gasteiger partial charge in [0.2, 0.25) is 5.91 Å². The number of carbonyl (C=O) groups excluding carboxylic acids is 1. The number of hydrogen-bond donors (Lipinski definition) is 2. The molecule has 0 saturated carbocycles. The zero-order valence-electron chi connectivity index (χ0n) is 11.4. The third-order valence-corrected chi connectivity index (χ3v) is 2.92. The molecule has 1 atom stereocenters. The Kier molecular flexibility index (Phi) is 4.87. The van der Waals surface area contributed by atoms with E-state index >= 15 is 0 Å². The van der Waals surface area contributed by atoms with E-state index in [2.05, 4.69) is 13.8 Å². The summed E-state index contributed by atoms with van der Waals surface area (Å²) in [6.45, 7) is 5.55. The van der Waals surface area contributed by atoms with Crippen LogP contribution in [0.4, 0.5) is 0 Å². The summed E-state index contributed by atoms with van der Waals surface area (Å²) in [7, 11) is 1.95. The summed E-state index contributed by atoms with van der Waals surface area (Å²) >= 11 is 0. The van der Waals surface area contributed by atoms with E-state index in [1.807, 2.05) is 42.3 Å². The predicted octanol–water partition coefficient (Wildman–Crippen LogP) is 0.914. The molecule has 0 aliphatic carbocycles. The lowest BCUT2D eigenvalue weighted by atomic mass is 9.89. The van der Waals surface area contributed by atoms with Crippen LogP contribution in [0, 0.1) is 5.92 Å². The van der Waals surface area contributed by atoms with Crippen LogP contribution in [-0.2, 0) is 10.3 Å². The third kappa shape index (κ3) is 3.55. The van der Waals surface area contributed by atoms with Crippen molar-refractivity contribution in [1.29, 1.82) is 0 Å². The minimum absolute atomic E-state index is 0.421. The second kappa shape index (κ2) is 5.98. The monoisotopic (exact) mass is 249 g/mol. The molecule has 0 aliphatic rings. The quantitative estimate of drug-likeness (QED) is 0.787. The lowest BCUT2D eigenvalue weighted by Crippen LogP contribution is -2.56. The van der Waals surface area contributed by atoms with Crippen LogP contribution in [0.5, 0.6) is 0 Å². The number of carbonyl (C=O) groups is 1. The highest BCUT2D eigenvalue weighted by molar-refractivity contribution is 5.86. The number of rotatable bonds is 6. The first-order valence-corrected chi connectivity index (χ1v) is 6.19. The Bertz CT molecular complexity index is 391. The van der Waals surface area contributed by atoms with Crippen LogP contribution < -0.4 is 11.5 Å². The van der Waals surface area contributed by atoms with E-state index in [1.54, 1.807) is 0 Å². The Labute approximate surface area is 109 Å². The Balaban J connectivity index is 2.92. The maximum Gasteiger partial charge on any atom is 0.243 e. The highest BCUT2D eigenvalue weighted by atomic mass is 16.1. The second-order valence-corrected chi connectivity index (χ2v) is 5.29. The normalized spacial score (nSPS) is 14.8. The summed E-state index contributed by atoms with van der Waals surface area (Å²) in [6, 6.07) is 9.30. The number of nitrogens with two attached hydrogens (primary N) is 2. The number of amides is 1. The van der Waals surface area contributed by atoms with Gasteiger partial charge >= 0.3 is 0 Å². The Morgan fingerprint density at radius 1 is 1.33 bits per heavy atom. The van der Waals surface area contributed by atoms with E-state index in [0.29, 0.717) is 12.5 Å². The maximum absolute atomic E-state index is 11.7. The van der Waals surface area contributed by atoms with Crippen LogP contribution in [0.25, 0.3) is 0 Å². The molecule has 0 bridgehead atoms. The smallest absolute Gasteiger partial charge is 0.243 e. The largest absolute Gasteiger partial charge is 0.368 e. The van der Waals surface area contributed by atoms with Crippen LogP contribution in [0.1, 0.15) is 19.4 Å². The van der Waals surface area contributed by atoms with Crippen LogP contribution in [-0.4, -0.2) is 30.9 Å². The fourth-order valence-corrected chi connectivity index (χ4v) is 2.16. The zero-order valence-corrected chi connectivity index (χ0v) is 11.4. The maximum atomic E-state index is 11.7. The summed E-state index contributed by atoms with van der Waals surface area (Å²) in [5, 5.41) is 0. The van der Waals surface area contributed by atoms with Crippen molar-refractivity contribution in [3.8, 4) is 0 Å². The van der Waals surface area contributed by atoms with Gasteiger partial charge in [0.15, 0.2) is 0 Å². The number of nitrogens with zero attached hydrogens (tertiary/aromatic N) is 1. The molecular formula is C14H23N3O. The van der Waals surface area contributed by atoms with Gasteiger partial charge in [-0.2, -0.15) is 0 Å². The Hall–Kier alpha value is -1.39. The van der Waals surface area contributed by atoms with Gasteiger partial charge in [0.05, 0.1) is 0 Å². The molecule has 0 radical (unpaired) electrons. The summed E-state index contributed by atoms with van der Waals surface area (Å²) in [4.78, 5) is 13.8. The first-order valence-electron chi connectivity index (χ1n) is 6.19. The molecule has 4 N–H and O–H groups in total. The van der Waals surface area contributed by atoms with Gasteiger partial charge < -0.3 is 16.4 Å². The van der Waals surface area contributed by atoms with Gasteiger partial charge in [0, 0.05) is 13.1 Å². The molecule has 1 rings (SSSR count). The van der Waals surface area contributed by atoms with Crippen LogP contribution >= 0.6 is 0 Å². The fourth-order valence-electron chi connectivity index (χ4n) is 2.16. The average Bonchev–Trinajstić information content (AvgIpc) is 2.28. The number of hydrogen-bond acceptors (Lipinski definition) is 3. The van der Waals surface area contributed by atoms with Crippen molar-refractivity contribution in [2.75, 3.05) is 20.1 Å². The number of benzene rings is 1. The highest BCUT2D eigenvalue weighted by Crippen LogP contribution is 2.19. The summed E-state index contributed by atoms with van der Waals surface area (Å²) in [6.07, 6.45) is 0. The molecule has 1 unspecified atom stereocenters. The van der Waals surface area contributed by atoms with Crippen molar-refractivity contribution in [3.63, 3.8) is 0 Å². The molecule has 1 amide bonds. The molecule has 0 aliphatic heterocycles. The first kappa shape index (κ1) is 14.7. The summed E-state index contributed by atoms with van der Waals surface area (Å²) < 4.78 is 0. The van der Waals surface area contributed by atoms with Gasteiger partial charge in [-0.3, -0.25) is 4.79 Å². The van der Waals surface area contributed by atoms with E-state index in [1.165, 1.54) is 0 Å². The van der Waals surface area contributed by atoms with Crippen molar-refractivity contribution >= 4 is 5.91 Å². The van der Waals surface area contributed by atoms with Gasteiger partial charge in [0.25, 0.3) is 0 Å². The van der Waals surface area contributed by atoms with E-state index < -0.39 is 11.4 Å². The average molecular weight is 249 g/mol. The molecule has 18 heavy (non-hydrogen) atoms. The predicted molar refractivity (Wildman–Crippen MR) is 73.8 cm³/mol. The summed E-state index contributed by atoms with van der Waals surface area (Å²) in [5.41, 5.74) is 11.3. The lowest BCUT2D eigenvalue weighted by Gasteiger charge is -2.32.